The second-order valence-electron chi connectivity index (χ2n) is 6.46. The summed E-state index contributed by atoms with van der Waals surface area (Å²) in [7, 11) is 1.70. The van der Waals surface area contributed by atoms with Crippen molar-refractivity contribution in [2.75, 3.05) is 38.2 Å². The fourth-order valence-electron chi connectivity index (χ4n) is 3.47. The normalized spacial score (nSPS) is 19.5. The predicted molar refractivity (Wildman–Crippen MR) is 99.4 cm³/mol. The first kappa shape index (κ1) is 16.4. The van der Waals surface area contributed by atoms with Crippen molar-refractivity contribution in [3.8, 4) is 5.75 Å². The van der Waals surface area contributed by atoms with Gasteiger partial charge in [0.25, 0.3) is 0 Å². The predicted octanol–water partition coefficient (Wildman–Crippen LogP) is 3.02. The summed E-state index contributed by atoms with van der Waals surface area (Å²) in [6, 6.07) is 8.91. The molecule has 1 N–H and O–H groups in total. The van der Waals surface area contributed by atoms with Crippen LogP contribution in [0, 0.1) is 0 Å². The number of ether oxygens (including phenoxy) is 1. The van der Waals surface area contributed by atoms with Crippen LogP contribution < -0.4 is 15.0 Å². The van der Waals surface area contributed by atoms with Gasteiger partial charge in [0.05, 0.1) is 7.11 Å². The number of benzene rings is 1. The molecule has 0 amide bonds. The molecule has 1 aromatic carbocycles. The topological polar surface area (TPSA) is 27.7 Å². The van der Waals surface area contributed by atoms with Crippen molar-refractivity contribution in [3.63, 3.8) is 0 Å². The first-order valence-corrected chi connectivity index (χ1v) is 9.11. The smallest absolute Gasteiger partial charge is 0.169 e. The highest BCUT2D eigenvalue weighted by Crippen LogP contribution is 2.21. The molecule has 0 radical (unpaired) electrons. The van der Waals surface area contributed by atoms with Crippen LogP contribution in [0.1, 0.15) is 32.1 Å². The zero-order chi connectivity index (χ0) is 16.1. The second-order valence-corrected chi connectivity index (χ2v) is 6.84. The molecule has 1 heterocycles. The number of hydrogen-bond donors (Lipinski definition) is 1. The lowest BCUT2D eigenvalue weighted by Crippen LogP contribution is -2.53. The Kier molecular flexibility index (Phi) is 5.60. The van der Waals surface area contributed by atoms with Gasteiger partial charge in [0.2, 0.25) is 0 Å². The van der Waals surface area contributed by atoms with Gasteiger partial charge >= 0.3 is 0 Å². The van der Waals surface area contributed by atoms with Crippen molar-refractivity contribution in [3.05, 3.63) is 24.3 Å². The van der Waals surface area contributed by atoms with Gasteiger partial charge in [-0.2, -0.15) is 0 Å². The van der Waals surface area contributed by atoms with Gasteiger partial charge in [-0.05, 0) is 49.3 Å². The number of thiocarbonyl (C=S) groups is 1. The van der Waals surface area contributed by atoms with Crippen molar-refractivity contribution in [2.24, 2.45) is 0 Å². The Hall–Kier alpha value is -1.49. The average Bonchev–Trinajstić information content (AvgIpc) is 2.63. The lowest BCUT2D eigenvalue weighted by atomic mass is 9.96. The van der Waals surface area contributed by atoms with E-state index >= 15 is 0 Å². The van der Waals surface area contributed by atoms with Crippen LogP contribution in [-0.4, -0.2) is 49.3 Å². The van der Waals surface area contributed by atoms with Gasteiger partial charge in [-0.3, -0.25) is 0 Å². The summed E-state index contributed by atoms with van der Waals surface area (Å²) in [5, 5.41) is 4.53. The van der Waals surface area contributed by atoms with E-state index in [0.29, 0.717) is 6.04 Å². The van der Waals surface area contributed by atoms with E-state index in [-0.39, 0.29) is 0 Å². The summed E-state index contributed by atoms with van der Waals surface area (Å²) < 4.78 is 5.23. The highest BCUT2D eigenvalue weighted by Gasteiger charge is 2.21. The van der Waals surface area contributed by atoms with E-state index in [1.165, 1.54) is 37.8 Å². The molecule has 1 aliphatic carbocycles. The number of rotatable bonds is 3. The maximum Gasteiger partial charge on any atom is 0.169 e. The molecule has 0 bridgehead atoms. The number of hydrogen-bond acceptors (Lipinski definition) is 3. The molecule has 2 fully saturated rings. The number of methoxy groups -OCH3 is 1. The van der Waals surface area contributed by atoms with Crippen molar-refractivity contribution >= 4 is 23.0 Å². The zero-order valence-electron chi connectivity index (χ0n) is 14.0. The van der Waals surface area contributed by atoms with E-state index in [0.717, 1.165) is 37.0 Å². The largest absolute Gasteiger partial charge is 0.497 e. The van der Waals surface area contributed by atoms with Gasteiger partial charge in [0.15, 0.2) is 5.11 Å². The number of anilines is 1. The summed E-state index contributed by atoms with van der Waals surface area (Å²) in [6.07, 6.45) is 6.60. The van der Waals surface area contributed by atoms with E-state index in [1.807, 2.05) is 12.1 Å². The molecule has 4 nitrogen and oxygen atoms in total. The minimum absolute atomic E-state index is 0.593. The Morgan fingerprint density at radius 3 is 2.30 bits per heavy atom. The minimum Gasteiger partial charge on any atom is -0.497 e. The lowest BCUT2D eigenvalue weighted by Gasteiger charge is -2.38. The maximum atomic E-state index is 5.62. The highest BCUT2D eigenvalue weighted by molar-refractivity contribution is 7.80. The first-order valence-electron chi connectivity index (χ1n) is 8.71. The van der Waals surface area contributed by atoms with Crippen molar-refractivity contribution < 1.29 is 4.74 Å². The molecule has 0 spiro atoms. The van der Waals surface area contributed by atoms with Crippen molar-refractivity contribution in [1.29, 1.82) is 0 Å². The van der Waals surface area contributed by atoms with Crippen LogP contribution >= 0.6 is 12.2 Å². The van der Waals surface area contributed by atoms with Crippen LogP contribution in [0.3, 0.4) is 0 Å². The molecular formula is C18H27N3OS. The van der Waals surface area contributed by atoms with Crippen molar-refractivity contribution in [1.82, 2.24) is 10.2 Å². The SMILES string of the molecule is COc1ccc(N2CCN(C(=S)NC3CCCCC3)CC2)cc1. The summed E-state index contributed by atoms with van der Waals surface area (Å²) in [4.78, 5) is 4.74. The van der Waals surface area contributed by atoms with E-state index in [4.69, 9.17) is 17.0 Å². The fraction of sp³-hybridized carbons (Fsp3) is 0.611. The highest BCUT2D eigenvalue weighted by atomic mass is 32.1. The second kappa shape index (κ2) is 7.86. The van der Waals surface area contributed by atoms with Gasteiger partial charge in [-0.25, -0.2) is 0 Å². The van der Waals surface area contributed by atoms with Gasteiger partial charge in [0.1, 0.15) is 5.75 Å². The van der Waals surface area contributed by atoms with Gasteiger partial charge < -0.3 is 19.9 Å². The Bertz CT molecular complexity index is 506. The zero-order valence-corrected chi connectivity index (χ0v) is 14.8. The molecule has 5 heteroatoms. The average molecular weight is 334 g/mol. The molecule has 0 atom stereocenters. The van der Waals surface area contributed by atoms with Crippen LogP contribution in [-0.2, 0) is 0 Å². The standard InChI is InChI=1S/C18H27N3OS/c1-22-17-9-7-16(8-10-17)20-11-13-21(14-12-20)18(23)19-15-5-3-2-4-6-15/h7-10,15H,2-6,11-14H2,1H3,(H,19,23). The van der Waals surface area contributed by atoms with Crippen LogP contribution in [0.25, 0.3) is 0 Å². The van der Waals surface area contributed by atoms with E-state index in [2.05, 4.69) is 27.2 Å². The summed E-state index contributed by atoms with van der Waals surface area (Å²) in [6.45, 7) is 4.01. The van der Waals surface area contributed by atoms with Crippen LogP contribution in [0.5, 0.6) is 5.75 Å². The molecule has 23 heavy (non-hydrogen) atoms. The fourth-order valence-corrected chi connectivity index (χ4v) is 3.82. The van der Waals surface area contributed by atoms with Crippen LogP contribution in [0.15, 0.2) is 24.3 Å². The molecule has 1 aromatic rings. The maximum absolute atomic E-state index is 5.62. The van der Waals surface area contributed by atoms with Crippen LogP contribution in [0.4, 0.5) is 5.69 Å². The minimum atomic E-state index is 0.593. The molecule has 1 saturated heterocycles. The third kappa shape index (κ3) is 4.28. The Morgan fingerprint density at radius 2 is 1.70 bits per heavy atom. The summed E-state index contributed by atoms with van der Waals surface area (Å²) in [5.74, 6) is 0.908. The molecule has 1 aliphatic heterocycles. The molecular weight excluding hydrogens is 306 g/mol. The summed E-state index contributed by atoms with van der Waals surface area (Å²) in [5.41, 5.74) is 1.26. The quantitative estimate of drug-likeness (QED) is 0.859. The number of piperazine rings is 1. The van der Waals surface area contributed by atoms with Gasteiger partial charge in [0, 0.05) is 37.9 Å². The van der Waals surface area contributed by atoms with E-state index in [9.17, 15) is 0 Å². The third-order valence-electron chi connectivity index (χ3n) is 4.94. The Balaban J connectivity index is 1.48. The molecule has 2 aliphatic rings. The van der Waals surface area contributed by atoms with E-state index in [1.54, 1.807) is 7.11 Å². The number of nitrogens with one attached hydrogen (secondary N) is 1. The van der Waals surface area contributed by atoms with Crippen molar-refractivity contribution in [2.45, 2.75) is 38.1 Å². The Morgan fingerprint density at radius 1 is 1.04 bits per heavy atom. The van der Waals surface area contributed by atoms with Gasteiger partial charge in [-0.1, -0.05) is 19.3 Å². The molecule has 0 unspecified atom stereocenters. The monoisotopic (exact) mass is 333 g/mol. The van der Waals surface area contributed by atoms with Crippen LogP contribution in [0.2, 0.25) is 0 Å². The van der Waals surface area contributed by atoms with Gasteiger partial charge in [-0.15, -0.1) is 0 Å². The Labute approximate surface area is 144 Å². The van der Waals surface area contributed by atoms with E-state index < -0.39 is 0 Å². The molecule has 126 valence electrons. The molecule has 1 saturated carbocycles. The molecule has 0 aromatic heterocycles. The lowest BCUT2D eigenvalue weighted by molar-refractivity contribution is 0.355. The number of nitrogens with zero attached hydrogens (tertiary/aromatic N) is 2. The first-order chi connectivity index (χ1) is 11.3. The molecule has 3 rings (SSSR count). The third-order valence-corrected chi connectivity index (χ3v) is 5.31. The summed E-state index contributed by atoms with van der Waals surface area (Å²) >= 11 is 5.62.